The van der Waals surface area contributed by atoms with Crippen LogP contribution in [0.25, 0.3) is 0 Å². The molecule has 3 nitrogen and oxygen atoms in total. The van der Waals surface area contributed by atoms with Crippen molar-refractivity contribution in [2.24, 2.45) is 0 Å². The second kappa shape index (κ2) is 7.91. The predicted molar refractivity (Wildman–Crippen MR) is 98.1 cm³/mol. The van der Waals surface area contributed by atoms with Gasteiger partial charge in [-0.2, -0.15) is 0 Å². The smallest absolute Gasteiger partial charge is 0.138 e. The molecule has 0 aliphatic carbocycles. The number of likely N-dealkylation sites (tertiary alicyclic amines) is 1. The van der Waals surface area contributed by atoms with Crippen molar-refractivity contribution in [2.75, 3.05) is 26.2 Å². The number of benzene rings is 2. The summed E-state index contributed by atoms with van der Waals surface area (Å²) in [7, 11) is 0. The van der Waals surface area contributed by atoms with Gasteiger partial charge in [0.05, 0.1) is 5.02 Å². The van der Waals surface area contributed by atoms with Gasteiger partial charge in [0.1, 0.15) is 23.7 Å². The van der Waals surface area contributed by atoms with E-state index in [0.717, 1.165) is 44.0 Å². The van der Waals surface area contributed by atoms with Crippen molar-refractivity contribution in [3.05, 3.63) is 59.6 Å². The Morgan fingerprint density at radius 2 is 1.83 bits per heavy atom. The van der Waals surface area contributed by atoms with Gasteiger partial charge in [-0.15, -0.1) is 0 Å². The zero-order valence-corrected chi connectivity index (χ0v) is 14.8. The second-order valence-electron chi connectivity index (χ2n) is 6.52. The number of piperidine rings is 1. The first-order valence-corrected chi connectivity index (χ1v) is 8.86. The summed E-state index contributed by atoms with van der Waals surface area (Å²) in [6, 6.07) is 17.6. The number of para-hydroxylation sites is 2. The maximum Gasteiger partial charge on any atom is 0.138 e. The second-order valence-corrected chi connectivity index (χ2v) is 6.93. The van der Waals surface area contributed by atoms with Gasteiger partial charge in [0.2, 0.25) is 0 Å². The van der Waals surface area contributed by atoms with Crippen molar-refractivity contribution < 1.29 is 9.47 Å². The molecule has 24 heavy (non-hydrogen) atoms. The summed E-state index contributed by atoms with van der Waals surface area (Å²) in [5, 5.41) is 0.670. The lowest BCUT2D eigenvalue weighted by atomic mass is 9.94. The van der Waals surface area contributed by atoms with Gasteiger partial charge in [-0.05, 0) is 50.6 Å². The van der Waals surface area contributed by atoms with E-state index in [1.165, 1.54) is 0 Å². The largest absolute Gasteiger partial charge is 0.492 e. The lowest BCUT2D eigenvalue weighted by Crippen LogP contribution is -2.50. The van der Waals surface area contributed by atoms with E-state index < -0.39 is 0 Å². The van der Waals surface area contributed by atoms with Gasteiger partial charge in [-0.1, -0.05) is 41.9 Å². The molecular weight excluding hydrogens is 322 g/mol. The van der Waals surface area contributed by atoms with Crippen molar-refractivity contribution in [2.45, 2.75) is 25.4 Å². The third kappa shape index (κ3) is 4.65. The molecule has 0 bridgehead atoms. The van der Waals surface area contributed by atoms with Crippen LogP contribution in [-0.4, -0.2) is 36.7 Å². The average molecular weight is 346 g/mol. The summed E-state index contributed by atoms with van der Waals surface area (Å²) in [6.45, 7) is 5.72. The van der Waals surface area contributed by atoms with Crippen molar-refractivity contribution in [3.8, 4) is 11.5 Å². The van der Waals surface area contributed by atoms with E-state index in [1.54, 1.807) is 0 Å². The van der Waals surface area contributed by atoms with Crippen LogP contribution >= 0.6 is 11.6 Å². The molecule has 0 radical (unpaired) electrons. The summed E-state index contributed by atoms with van der Waals surface area (Å²) < 4.78 is 12.1. The number of ether oxygens (including phenoxy) is 2. The Bertz CT molecular complexity index is 649. The molecule has 2 aromatic rings. The lowest BCUT2D eigenvalue weighted by Gasteiger charge is -2.40. The van der Waals surface area contributed by atoms with E-state index >= 15 is 0 Å². The van der Waals surface area contributed by atoms with E-state index in [4.69, 9.17) is 21.1 Å². The molecule has 1 heterocycles. The molecule has 1 aliphatic rings. The first-order chi connectivity index (χ1) is 11.6. The summed E-state index contributed by atoms with van der Waals surface area (Å²) >= 11 is 6.23. The fourth-order valence-corrected chi connectivity index (χ4v) is 3.36. The fraction of sp³-hybridized carbons (Fsp3) is 0.400. The molecule has 1 atom stereocenters. The van der Waals surface area contributed by atoms with Crippen LogP contribution in [0, 0.1) is 0 Å². The molecule has 0 aromatic heterocycles. The summed E-state index contributed by atoms with van der Waals surface area (Å²) in [5.41, 5.74) is -0.212. The Morgan fingerprint density at radius 3 is 2.62 bits per heavy atom. The number of nitrogens with zero attached hydrogens (tertiary/aromatic N) is 1. The zero-order chi connectivity index (χ0) is 16.8. The number of hydrogen-bond donors (Lipinski definition) is 0. The highest BCUT2D eigenvalue weighted by atomic mass is 35.5. The monoisotopic (exact) mass is 345 g/mol. The minimum atomic E-state index is -0.212. The van der Waals surface area contributed by atoms with Gasteiger partial charge < -0.3 is 9.47 Å². The summed E-state index contributed by atoms with van der Waals surface area (Å²) in [5.74, 6) is 1.69. The van der Waals surface area contributed by atoms with Crippen LogP contribution < -0.4 is 9.47 Å². The standard InChI is InChI=1S/C20H24ClNO2/c1-20(24-19-11-6-5-10-18(19)21)12-7-13-22(16-20)14-15-23-17-8-3-2-4-9-17/h2-6,8-11H,7,12-16H2,1H3. The van der Waals surface area contributed by atoms with E-state index in [-0.39, 0.29) is 5.60 Å². The fourth-order valence-electron chi connectivity index (χ4n) is 3.18. The van der Waals surface area contributed by atoms with Gasteiger partial charge in [-0.3, -0.25) is 4.90 Å². The molecule has 1 aliphatic heterocycles. The Hall–Kier alpha value is -1.71. The molecule has 1 fully saturated rings. The number of rotatable bonds is 6. The SMILES string of the molecule is CC1(Oc2ccccc2Cl)CCCN(CCOc2ccccc2)C1. The van der Waals surface area contributed by atoms with Gasteiger partial charge in [0, 0.05) is 13.1 Å². The quantitative estimate of drug-likeness (QED) is 0.760. The molecule has 1 unspecified atom stereocenters. The predicted octanol–water partition coefficient (Wildman–Crippen LogP) is 4.65. The summed E-state index contributed by atoms with van der Waals surface area (Å²) in [6.07, 6.45) is 2.15. The van der Waals surface area contributed by atoms with Crippen molar-refractivity contribution in [1.29, 1.82) is 0 Å². The first kappa shape index (κ1) is 17.1. The third-order valence-electron chi connectivity index (χ3n) is 4.35. The van der Waals surface area contributed by atoms with Gasteiger partial charge in [0.15, 0.2) is 0 Å². The van der Waals surface area contributed by atoms with E-state index in [0.29, 0.717) is 11.6 Å². The van der Waals surface area contributed by atoms with Crippen LogP contribution in [0.5, 0.6) is 11.5 Å². The molecule has 3 rings (SSSR count). The van der Waals surface area contributed by atoms with Gasteiger partial charge in [0.25, 0.3) is 0 Å². The number of halogens is 1. The maximum absolute atomic E-state index is 6.25. The van der Waals surface area contributed by atoms with E-state index in [9.17, 15) is 0 Å². The van der Waals surface area contributed by atoms with Crippen LogP contribution in [0.15, 0.2) is 54.6 Å². The van der Waals surface area contributed by atoms with Gasteiger partial charge in [-0.25, -0.2) is 0 Å². The average Bonchev–Trinajstić information content (AvgIpc) is 2.58. The molecule has 0 N–H and O–H groups in total. The molecule has 128 valence electrons. The van der Waals surface area contributed by atoms with Crippen LogP contribution in [0.3, 0.4) is 0 Å². The van der Waals surface area contributed by atoms with Crippen molar-refractivity contribution >= 4 is 11.6 Å². The molecule has 4 heteroatoms. The highest BCUT2D eigenvalue weighted by molar-refractivity contribution is 6.32. The highest BCUT2D eigenvalue weighted by Crippen LogP contribution is 2.31. The Kier molecular flexibility index (Phi) is 5.64. The Morgan fingerprint density at radius 1 is 1.08 bits per heavy atom. The van der Waals surface area contributed by atoms with Crippen LogP contribution in [0.2, 0.25) is 5.02 Å². The van der Waals surface area contributed by atoms with E-state index in [2.05, 4.69) is 11.8 Å². The molecule has 2 aromatic carbocycles. The zero-order valence-electron chi connectivity index (χ0n) is 14.1. The third-order valence-corrected chi connectivity index (χ3v) is 4.66. The van der Waals surface area contributed by atoms with Crippen molar-refractivity contribution in [3.63, 3.8) is 0 Å². The normalized spacial score (nSPS) is 21.4. The van der Waals surface area contributed by atoms with Crippen LogP contribution in [-0.2, 0) is 0 Å². The topological polar surface area (TPSA) is 21.7 Å². The first-order valence-electron chi connectivity index (χ1n) is 8.48. The Balaban J connectivity index is 1.52. The molecular formula is C20H24ClNO2. The Labute approximate surface area is 149 Å². The minimum absolute atomic E-state index is 0.212. The van der Waals surface area contributed by atoms with Gasteiger partial charge >= 0.3 is 0 Å². The maximum atomic E-state index is 6.25. The molecule has 0 saturated carbocycles. The molecule has 1 saturated heterocycles. The van der Waals surface area contributed by atoms with Crippen LogP contribution in [0.1, 0.15) is 19.8 Å². The van der Waals surface area contributed by atoms with Crippen molar-refractivity contribution in [1.82, 2.24) is 4.90 Å². The van der Waals surface area contributed by atoms with E-state index in [1.807, 2.05) is 54.6 Å². The summed E-state index contributed by atoms with van der Waals surface area (Å²) in [4.78, 5) is 2.41. The number of hydrogen-bond acceptors (Lipinski definition) is 3. The highest BCUT2D eigenvalue weighted by Gasteiger charge is 2.33. The van der Waals surface area contributed by atoms with Crippen LogP contribution in [0.4, 0.5) is 0 Å². The molecule has 0 spiro atoms. The lowest BCUT2D eigenvalue weighted by molar-refractivity contribution is 0.00221. The molecule has 0 amide bonds. The minimum Gasteiger partial charge on any atom is -0.492 e.